The van der Waals surface area contributed by atoms with E-state index in [4.69, 9.17) is 4.74 Å². The number of hydrogen-bond donors (Lipinski definition) is 1. The number of aliphatic hydroxyl groups is 1. The zero-order chi connectivity index (χ0) is 16.0. The molecule has 4 heteroatoms. The minimum atomic E-state index is -0.686. The van der Waals surface area contributed by atoms with Crippen LogP contribution in [0, 0.1) is 11.7 Å². The van der Waals surface area contributed by atoms with Gasteiger partial charge in [0.1, 0.15) is 23.1 Å². The third kappa shape index (κ3) is 2.22. The Kier molecular flexibility index (Phi) is 3.18. The molecular formula is C19H15FO3. The minimum absolute atomic E-state index is 0.0260. The first-order chi connectivity index (χ1) is 11.1. The van der Waals surface area contributed by atoms with Gasteiger partial charge in [0.2, 0.25) is 0 Å². The largest absolute Gasteiger partial charge is 0.512 e. The molecule has 0 unspecified atom stereocenters. The molecule has 1 heterocycles. The van der Waals surface area contributed by atoms with E-state index in [1.54, 1.807) is 12.1 Å². The molecule has 0 amide bonds. The first-order valence-electron chi connectivity index (χ1n) is 7.63. The molecule has 2 aromatic rings. The van der Waals surface area contributed by atoms with Crippen molar-refractivity contribution in [3.63, 3.8) is 0 Å². The molecule has 0 bridgehead atoms. The van der Waals surface area contributed by atoms with Gasteiger partial charge in [0, 0.05) is 23.5 Å². The summed E-state index contributed by atoms with van der Waals surface area (Å²) in [6.07, 6.45) is 2.62. The van der Waals surface area contributed by atoms with E-state index in [0.717, 1.165) is 5.56 Å². The van der Waals surface area contributed by atoms with Crippen LogP contribution < -0.4 is 4.74 Å². The number of para-hydroxylation sites is 1. The molecule has 0 fully saturated rings. The van der Waals surface area contributed by atoms with Crippen molar-refractivity contribution in [3.8, 4) is 11.5 Å². The van der Waals surface area contributed by atoms with Gasteiger partial charge in [0.25, 0.3) is 0 Å². The summed E-state index contributed by atoms with van der Waals surface area (Å²) in [5.41, 5.74) is 1.40. The lowest BCUT2D eigenvalue weighted by molar-refractivity contribution is -0.123. The maximum absolute atomic E-state index is 13.8. The van der Waals surface area contributed by atoms with E-state index >= 15 is 0 Å². The van der Waals surface area contributed by atoms with Gasteiger partial charge >= 0.3 is 0 Å². The number of fused-ring (bicyclic) bond motifs is 2. The van der Waals surface area contributed by atoms with Gasteiger partial charge in [-0.3, -0.25) is 4.79 Å². The second-order valence-electron chi connectivity index (χ2n) is 5.91. The van der Waals surface area contributed by atoms with Gasteiger partial charge in [-0.15, -0.1) is 0 Å². The predicted octanol–water partition coefficient (Wildman–Crippen LogP) is 4.48. The van der Waals surface area contributed by atoms with E-state index in [9.17, 15) is 14.3 Å². The normalized spacial score (nSPS) is 22.7. The van der Waals surface area contributed by atoms with Crippen molar-refractivity contribution in [2.24, 2.45) is 5.92 Å². The summed E-state index contributed by atoms with van der Waals surface area (Å²) in [6, 6.07) is 11.7. The molecule has 2 atom stereocenters. The number of carbonyl (C=O) groups is 1. The molecule has 116 valence electrons. The highest BCUT2D eigenvalue weighted by atomic mass is 19.1. The van der Waals surface area contributed by atoms with Gasteiger partial charge in [0.05, 0.1) is 11.7 Å². The molecule has 23 heavy (non-hydrogen) atoms. The van der Waals surface area contributed by atoms with Crippen LogP contribution in [0.25, 0.3) is 0 Å². The topological polar surface area (TPSA) is 46.5 Å². The van der Waals surface area contributed by atoms with Crippen LogP contribution >= 0.6 is 0 Å². The number of ketones is 1. The number of Topliss-reactive ketones (excluding diaryl/α,β-unsaturated/α-hetero) is 1. The smallest absolute Gasteiger partial charge is 0.144 e. The number of halogens is 1. The van der Waals surface area contributed by atoms with E-state index in [-0.39, 0.29) is 17.4 Å². The molecule has 0 spiro atoms. The zero-order valence-electron chi connectivity index (χ0n) is 12.3. The molecule has 0 saturated heterocycles. The molecule has 1 aliphatic heterocycles. The number of rotatable bonds is 1. The van der Waals surface area contributed by atoms with E-state index in [0.29, 0.717) is 29.9 Å². The minimum Gasteiger partial charge on any atom is -0.512 e. The van der Waals surface area contributed by atoms with Gasteiger partial charge in [-0.05, 0) is 36.8 Å². The fourth-order valence-electron chi connectivity index (χ4n) is 3.50. The van der Waals surface area contributed by atoms with Crippen molar-refractivity contribution >= 4 is 5.78 Å². The Morgan fingerprint density at radius 1 is 1.04 bits per heavy atom. The van der Waals surface area contributed by atoms with Crippen LogP contribution in [0.15, 0.2) is 54.3 Å². The number of aliphatic hydroxyl groups excluding tert-OH is 1. The Balaban J connectivity index is 1.94. The third-order valence-corrected chi connectivity index (χ3v) is 4.52. The van der Waals surface area contributed by atoms with E-state index in [1.807, 2.05) is 24.3 Å². The standard InChI is InChI=1S/C19H15FO3/c20-11-8-9-17-13(10-11)18(12-4-1-2-7-16(12)23-17)19-14(21)5-3-6-15(19)22/h1-2,4-5,7-10,18-19,21H,3,6H2/t18-,19+/m0/s1. The van der Waals surface area contributed by atoms with Crippen LogP contribution in [-0.4, -0.2) is 10.9 Å². The monoisotopic (exact) mass is 310 g/mol. The lowest BCUT2D eigenvalue weighted by Gasteiger charge is -2.34. The highest BCUT2D eigenvalue weighted by Crippen LogP contribution is 2.50. The summed E-state index contributed by atoms with van der Waals surface area (Å²) in [5, 5.41) is 10.3. The van der Waals surface area contributed by atoms with Crippen LogP contribution in [0.3, 0.4) is 0 Å². The number of benzene rings is 2. The Morgan fingerprint density at radius 2 is 1.83 bits per heavy atom. The first-order valence-corrected chi connectivity index (χ1v) is 7.63. The SMILES string of the molecule is O=C1CCC=C(O)[C@H]1[C@H]1c2ccccc2Oc2ccc(F)cc21. The van der Waals surface area contributed by atoms with Crippen molar-refractivity contribution in [3.05, 3.63) is 71.2 Å². The molecule has 3 nitrogen and oxygen atoms in total. The fourth-order valence-corrected chi connectivity index (χ4v) is 3.50. The van der Waals surface area contributed by atoms with Crippen molar-refractivity contribution in [2.45, 2.75) is 18.8 Å². The van der Waals surface area contributed by atoms with Crippen LogP contribution in [0.1, 0.15) is 29.9 Å². The lowest BCUT2D eigenvalue weighted by Crippen LogP contribution is -2.29. The quantitative estimate of drug-likeness (QED) is 0.844. The molecule has 0 saturated carbocycles. The van der Waals surface area contributed by atoms with Gasteiger partial charge in [-0.2, -0.15) is 0 Å². The average molecular weight is 310 g/mol. The summed E-state index contributed by atoms with van der Waals surface area (Å²) in [4.78, 5) is 12.5. The summed E-state index contributed by atoms with van der Waals surface area (Å²) < 4.78 is 19.6. The Labute approximate surface area is 133 Å². The molecule has 1 N–H and O–H groups in total. The van der Waals surface area contributed by atoms with Crippen LogP contribution in [0.5, 0.6) is 11.5 Å². The van der Waals surface area contributed by atoms with Crippen LogP contribution in [0.2, 0.25) is 0 Å². The first kappa shape index (κ1) is 14.0. The van der Waals surface area contributed by atoms with Gasteiger partial charge in [-0.1, -0.05) is 18.2 Å². The summed E-state index contributed by atoms with van der Waals surface area (Å²) in [7, 11) is 0. The maximum atomic E-state index is 13.8. The number of ether oxygens (including phenoxy) is 1. The van der Waals surface area contributed by atoms with Crippen molar-refractivity contribution in [1.29, 1.82) is 0 Å². The maximum Gasteiger partial charge on any atom is 0.144 e. The number of hydrogen-bond acceptors (Lipinski definition) is 3. The highest BCUT2D eigenvalue weighted by molar-refractivity contribution is 5.86. The lowest BCUT2D eigenvalue weighted by atomic mass is 9.73. The third-order valence-electron chi connectivity index (χ3n) is 4.52. The molecule has 0 aromatic heterocycles. The number of carbonyl (C=O) groups excluding carboxylic acids is 1. The highest BCUT2D eigenvalue weighted by Gasteiger charge is 2.40. The summed E-state index contributed by atoms with van der Waals surface area (Å²) >= 11 is 0. The Morgan fingerprint density at radius 3 is 2.65 bits per heavy atom. The van der Waals surface area contributed by atoms with Crippen LogP contribution in [-0.2, 0) is 4.79 Å². The molecule has 0 radical (unpaired) electrons. The Hall–Kier alpha value is -2.62. The van der Waals surface area contributed by atoms with Crippen LogP contribution in [0.4, 0.5) is 4.39 Å². The van der Waals surface area contributed by atoms with E-state index < -0.39 is 11.8 Å². The van der Waals surface area contributed by atoms with Crippen molar-refractivity contribution in [2.75, 3.05) is 0 Å². The second-order valence-corrected chi connectivity index (χ2v) is 5.91. The van der Waals surface area contributed by atoms with E-state index in [2.05, 4.69) is 0 Å². The Bertz CT molecular complexity index is 825. The molecule has 1 aliphatic carbocycles. The fraction of sp³-hybridized carbons (Fsp3) is 0.211. The van der Waals surface area contributed by atoms with E-state index in [1.165, 1.54) is 12.1 Å². The molecule has 2 aliphatic rings. The second kappa shape index (κ2) is 5.23. The molecule has 4 rings (SSSR count). The van der Waals surface area contributed by atoms with Gasteiger partial charge in [-0.25, -0.2) is 4.39 Å². The molecular weight excluding hydrogens is 295 g/mol. The summed E-state index contributed by atoms with van der Waals surface area (Å²) in [6.45, 7) is 0. The van der Waals surface area contributed by atoms with Crippen molar-refractivity contribution < 1.29 is 19.0 Å². The predicted molar refractivity (Wildman–Crippen MR) is 83.2 cm³/mol. The van der Waals surface area contributed by atoms with Gasteiger partial charge in [0.15, 0.2) is 0 Å². The molecule has 2 aromatic carbocycles. The zero-order valence-corrected chi connectivity index (χ0v) is 12.3. The summed E-state index contributed by atoms with van der Waals surface area (Å²) in [5.74, 6) is -0.295. The number of allylic oxidation sites excluding steroid dienone is 2. The van der Waals surface area contributed by atoms with Crippen molar-refractivity contribution in [1.82, 2.24) is 0 Å². The van der Waals surface area contributed by atoms with Gasteiger partial charge < -0.3 is 9.84 Å². The average Bonchev–Trinajstić information content (AvgIpc) is 2.54.